The molecule has 5 nitrogen and oxygen atoms in total. The van der Waals surface area contributed by atoms with Crippen LogP contribution < -0.4 is 10.2 Å². The number of nitrogens with zero attached hydrogens (tertiary/aromatic N) is 1. The Morgan fingerprint density at radius 2 is 1.71 bits per heavy atom. The second-order valence-electron chi connectivity index (χ2n) is 10.1. The first kappa shape index (κ1) is 28.0. The summed E-state index contributed by atoms with van der Waals surface area (Å²) < 4.78 is 0. The molecule has 1 unspecified atom stereocenters. The number of benzene rings is 3. The summed E-state index contributed by atoms with van der Waals surface area (Å²) in [6.07, 6.45) is 3.08. The molecule has 1 amide bonds. The van der Waals surface area contributed by atoms with Gasteiger partial charge in [0, 0.05) is 36.8 Å². The summed E-state index contributed by atoms with van der Waals surface area (Å²) >= 11 is 12.5. The molecule has 1 saturated heterocycles. The van der Waals surface area contributed by atoms with E-state index in [4.69, 9.17) is 23.2 Å². The maximum Gasteiger partial charge on any atom is 0.304 e. The van der Waals surface area contributed by atoms with Crippen LogP contribution in [0.5, 0.6) is 0 Å². The van der Waals surface area contributed by atoms with E-state index in [1.165, 1.54) is 0 Å². The average molecular weight is 554 g/mol. The van der Waals surface area contributed by atoms with E-state index >= 15 is 0 Å². The minimum atomic E-state index is -0.781. The fourth-order valence-corrected chi connectivity index (χ4v) is 6.07. The van der Waals surface area contributed by atoms with E-state index in [-0.39, 0.29) is 18.2 Å². The number of carbonyl (C=O) groups is 2. The highest BCUT2D eigenvalue weighted by Crippen LogP contribution is 2.41. The van der Waals surface area contributed by atoms with Crippen LogP contribution in [0.2, 0.25) is 10.0 Å². The maximum absolute atomic E-state index is 13.0. The van der Waals surface area contributed by atoms with Crippen molar-refractivity contribution in [3.05, 3.63) is 99.0 Å². The van der Waals surface area contributed by atoms with Crippen LogP contribution in [-0.2, 0) is 16.6 Å². The lowest BCUT2D eigenvalue weighted by Gasteiger charge is -2.43. The topological polar surface area (TPSA) is 69.6 Å². The van der Waals surface area contributed by atoms with Crippen molar-refractivity contribution in [1.29, 1.82) is 0 Å². The van der Waals surface area contributed by atoms with Crippen molar-refractivity contribution >= 4 is 40.8 Å². The number of carboxylic acid groups (broad SMARTS) is 1. The van der Waals surface area contributed by atoms with Crippen molar-refractivity contribution in [2.75, 3.05) is 25.0 Å². The zero-order chi connectivity index (χ0) is 27.3. The smallest absolute Gasteiger partial charge is 0.304 e. The van der Waals surface area contributed by atoms with E-state index in [0.29, 0.717) is 35.1 Å². The van der Waals surface area contributed by atoms with Crippen LogP contribution in [-0.4, -0.2) is 37.1 Å². The molecule has 0 aromatic heterocycles. The van der Waals surface area contributed by atoms with Crippen LogP contribution in [0.1, 0.15) is 65.6 Å². The molecule has 1 fully saturated rings. The second kappa shape index (κ2) is 12.2. The SMILES string of the molecule is CCC(Cc1c(C(=O)NC)cccc1N1CCC(CC(=O)O)(c2ccccc2)CC1)c1ccc(Cl)c(Cl)c1. The van der Waals surface area contributed by atoms with E-state index in [2.05, 4.69) is 23.2 Å². The molecular formula is C31H34Cl2N2O3. The first-order chi connectivity index (χ1) is 18.3. The molecule has 1 aliphatic heterocycles. The molecule has 3 aromatic rings. The number of halogens is 2. The highest BCUT2D eigenvalue weighted by Gasteiger charge is 2.39. The molecule has 1 aliphatic rings. The zero-order valence-corrected chi connectivity index (χ0v) is 23.4. The van der Waals surface area contributed by atoms with Gasteiger partial charge in [0.05, 0.1) is 16.5 Å². The zero-order valence-electron chi connectivity index (χ0n) is 21.8. The Labute approximate surface area is 234 Å². The van der Waals surface area contributed by atoms with Gasteiger partial charge in [0.1, 0.15) is 0 Å². The summed E-state index contributed by atoms with van der Waals surface area (Å²) in [4.78, 5) is 27.1. The fraction of sp³-hybridized carbons (Fsp3) is 0.355. The lowest BCUT2D eigenvalue weighted by atomic mass is 9.70. The van der Waals surface area contributed by atoms with Gasteiger partial charge in [0.2, 0.25) is 0 Å². The van der Waals surface area contributed by atoms with E-state index in [9.17, 15) is 14.7 Å². The van der Waals surface area contributed by atoms with Crippen LogP contribution in [0.25, 0.3) is 0 Å². The Morgan fingerprint density at radius 3 is 2.32 bits per heavy atom. The Bertz CT molecular complexity index is 1290. The highest BCUT2D eigenvalue weighted by atomic mass is 35.5. The first-order valence-electron chi connectivity index (χ1n) is 13.1. The monoisotopic (exact) mass is 552 g/mol. The number of hydrogen-bond acceptors (Lipinski definition) is 3. The summed E-state index contributed by atoms with van der Waals surface area (Å²) in [5, 5.41) is 13.6. The van der Waals surface area contributed by atoms with Gasteiger partial charge in [-0.2, -0.15) is 0 Å². The predicted molar refractivity (Wildman–Crippen MR) is 155 cm³/mol. The van der Waals surface area contributed by atoms with Gasteiger partial charge in [-0.25, -0.2) is 0 Å². The van der Waals surface area contributed by atoms with Crippen molar-refractivity contribution in [3.8, 4) is 0 Å². The van der Waals surface area contributed by atoms with E-state index in [0.717, 1.165) is 41.6 Å². The van der Waals surface area contributed by atoms with Crippen molar-refractivity contribution in [2.45, 2.75) is 50.4 Å². The molecule has 0 saturated carbocycles. The summed E-state index contributed by atoms with van der Waals surface area (Å²) in [7, 11) is 1.65. The molecule has 3 aromatic carbocycles. The van der Waals surface area contributed by atoms with Crippen molar-refractivity contribution in [1.82, 2.24) is 5.32 Å². The average Bonchev–Trinajstić information content (AvgIpc) is 2.93. The largest absolute Gasteiger partial charge is 0.481 e. The quantitative estimate of drug-likeness (QED) is 0.297. The summed E-state index contributed by atoms with van der Waals surface area (Å²) in [5.74, 6) is -0.751. The molecule has 4 rings (SSSR count). The van der Waals surface area contributed by atoms with Crippen molar-refractivity contribution in [3.63, 3.8) is 0 Å². The third kappa shape index (κ3) is 6.00. The second-order valence-corrected chi connectivity index (χ2v) is 10.9. The number of hydrogen-bond donors (Lipinski definition) is 2. The van der Waals surface area contributed by atoms with Gasteiger partial charge < -0.3 is 15.3 Å². The molecule has 0 spiro atoms. The van der Waals surface area contributed by atoms with Gasteiger partial charge in [-0.1, -0.05) is 72.6 Å². The molecule has 1 atom stereocenters. The van der Waals surface area contributed by atoms with Gasteiger partial charge >= 0.3 is 5.97 Å². The van der Waals surface area contributed by atoms with Gasteiger partial charge in [0.15, 0.2) is 0 Å². The number of amides is 1. The first-order valence-corrected chi connectivity index (χ1v) is 13.8. The van der Waals surface area contributed by atoms with Crippen LogP contribution in [0.15, 0.2) is 66.7 Å². The van der Waals surface area contributed by atoms with Gasteiger partial charge in [-0.05, 0) is 72.6 Å². The molecule has 200 valence electrons. The molecule has 0 radical (unpaired) electrons. The third-order valence-corrected chi connectivity index (χ3v) is 8.66. The van der Waals surface area contributed by atoms with Crippen LogP contribution >= 0.6 is 23.2 Å². The summed E-state index contributed by atoms with van der Waals surface area (Å²) in [5.41, 5.74) is 4.44. The number of rotatable bonds is 9. The number of nitrogens with one attached hydrogen (secondary N) is 1. The lowest BCUT2D eigenvalue weighted by Crippen LogP contribution is -2.44. The minimum absolute atomic E-state index is 0.102. The predicted octanol–water partition coefficient (Wildman–Crippen LogP) is 7.10. The number of piperidine rings is 1. The molecule has 2 N–H and O–H groups in total. The highest BCUT2D eigenvalue weighted by molar-refractivity contribution is 6.42. The van der Waals surface area contributed by atoms with Crippen LogP contribution in [0.4, 0.5) is 5.69 Å². The third-order valence-electron chi connectivity index (χ3n) is 7.92. The molecular weight excluding hydrogens is 519 g/mol. The Morgan fingerprint density at radius 1 is 1.00 bits per heavy atom. The summed E-state index contributed by atoms with van der Waals surface area (Å²) in [6.45, 7) is 3.54. The standard InChI is InChI=1S/C31H34Cl2N2O3/c1-3-21(22-12-13-26(32)27(33)19-22)18-25-24(30(38)34-2)10-7-11-28(25)35-16-14-31(15-17-35,20-29(36)37)23-8-5-4-6-9-23/h4-13,19,21H,3,14-18,20H2,1-2H3,(H,34,38)(H,36,37). The Hall–Kier alpha value is -3.02. The maximum atomic E-state index is 13.0. The van der Waals surface area contributed by atoms with E-state index < -0.39 is 11.4 Å². The van der Waals surface area contributed by atoms with E-state index in [1.807, 2.05) is 60.7 Å². The van der Waals surface area contributed by atoms with Crippen molar-refractivity contribution in [2.24, 2.45) is 0 Å². The van der Waals surface area contributed by atoms with Crippen LogP contribution in [0.3, 0.4) is 0 Å². The minimum Gasteiger partial charge on any atom is -0.481 e. The molecule has 1 heterocycles. The molecule has 7 heteroatoms. The number of anilines is 1. The Kier molecular flexibility index (Phi) is 9.01. The van der Waals surface area contributed by atoms with Crippen LogP contribution in [0, 0.1) is 0 Å². The van der Waals surface area contributed by atoms with E-state index in [1.54, 1.807) is 7.05 Å². The Balaban J connectivity index is 1.68. The van der Waals surface area contributed by atoms with Gasteiger partial charge in [-0.15, -0.1) is 0 Å². The fourth-order valence-electron chi connectivity index (χ4n) is 5.77. The van der Waals surface area contributed by atoms with Gasteiger partial charge in [-0.3, -0.25) is 9.59 Å². The lowest BCUT2D eigenvalue weighted by molar-refractivity contribution is -0.138. The summed E-state index contributed by atoms with van der Waals surface area (Å²) in [6, 6.07) is 21.6. The molecule has 38 heavy (non-hydrogen) atoms. The number of carbonyl (C=O) groups excluding carboxylic acids is 1. The van der Waals surface area contributed by atoms with Crippen molar-refractivity contribution < 1.29 is 14.7 Å². The normalized spacial score (nSPS) is 15.6. The van der Waals surface area contributed by atoms with Gasteiger partial charge in [0.25, 0.3) is 5.91 Å². The molecule has 0 aliphatic carbocycles. The number of carboxylic acids is 1. The molecule has 0 bridgehead atoms. The number of aliphatic carboxylic acids is 1.